The van der Waals surface area contributed by atoms with Gasteiger partial charge in [0, 0.05) is 6.07 Å². The van der Waals surface area contributed by atoms with Crippen molar-refractivity contribution in [1.29, 1.82) is 0 Å². The molecule has 0 fully saturated rings. The molecule has 0 radical (unpaired) electrons. The number of carbonyl (C=O) groups is 1. The molecule has 0 bridgehead atoms. The van der Waals surface area contributed by atoms with Gasteiger partial charge in [0.05, 0.1) is 15.9 Å². The SMILES string of the molecule is CCCCCCC(C)Oc1sc(C(C)=O)cc1[N+](=O)[O-]. The highest BCUT2D eigenvalue weighted by Crippen LogP contribution is 2.38. The van der Waals surface area contributed by atoms with E-state index in [0.29, 0.717) is 4.88 Å². The number of hydrogen-bond donors (Lipinski definition) is 0. The summed E-state index contributed by atoms with van der Waals surface area (Å²) in [6, 6.07) is 1.30. The van der Waals surface area contributed by atoms with Crippen molar-refractivity contribution in [2.75, 3.05) is 0 Å². The van der Waals surface area contributed by atoms with Crippen LogP contribution in [0.3, 0.4) is 0 Å². The van der Waals surface area contributed by atoms with Crippen molar-refractivity contribution < 1.29 is 14.5 Å². The number of ketones is 1. The van der Waals surface area contributed by atoms with Crippen LogP contribution in [0.15, 0.2) is 6.07 Å². The van der Waals surface area contributed by atoms with Crippen molar-refractivity contribution in [2.24, 2.45) is 0 Å². The van der Waals surface area contributed by atoms with Crippen LogP contribution in [0.4, 0.5) is 5.69 Å². The normalized spacial score (nSPS) is 12.2. The lowest BCUT2D eigenvalue weighted by Gasteiger charge is -2.12. The molecule has 0 aromatic carbocycles. The van der Waals surface area contributed by atoms with E-state index in [1.54, 1.807) is 0 Å². The number of nitrogens with zero attached hydrogens (tertiary/aromatic N) is 1. The zero-order valence-corrected chi connectivity index (χ0v) is 13.0. The van der Waals surface area contributed by atoms with Gasteiger partial charge >= 0.3 is 5.69 Å². The van der Waals surface area contributed by atoms with Crippen LogP contribution in [-0.2, 0) is 0 Å². The third-order valence-corrected chi connectivity index (χ3v) is 4.11. The van der Waals surface area contributed by atoms with Gasteiger partial charge in [-0.15, -0.1) is 0 Å². The maximum absolute atomic E-state index is 11.3. The Kier molecular flexibility index (Phi) is 6.64. The third kappa shape index (κ3) is 4.92. The van der Waals surface area contributed by atoms with E-state index in [0.717, 1.165) is 30.6 Å². The van der Waals surface area contributed by atoms with Crippen molar-refractivity contribution in [3.8, 4) is 5.06 Å². The lowest BCUT2D eigenvalue weighted by atomic mass is 10.1. The molecule has 1 heterocycles. The summed E-state index contributed by atoms with van der Waals surface area (Å²) < 4.78 is 5.64. The summed E-state index contributed by atoms with van der Waals surface area (Å²) in [5.74, 6) is -0.177. The first kappa shape index (κ1) is 16.6. The quantitative estimate of drug-likeness (QED) is 0.289. The Hall–Kier alpha value is -1.43. The Labute approximate surface area is 123 Å². The molecule has 5 nitrogen and oxygen atoms in total. The van der Waals surface area contributed by atoms with Crippen LogP contribution in [0.25, 0.3) is 0 Å². The minimum Gasteiger partial charge on any atom is -0.476 e. The number of Topliss-reactive ketones (excluding diaryl/α,β-unsaturated/α-hetero) is 1. The fraction of sp³-hybridized carbons (Fsp3) is 0.643. The van der Waals surface area contributed by atoms with Crippen molar-refractivity contribution in [3.63, 3.8) is 0 Å². The van der Waals surface area contributed by atoms with Gasteiger partial charge in [0.25, 0.3) is 5.06 Å². The topological polar surface area (TPSA) is 69.4 Å². The number of ether oxygens (including phenoxy) is 1. The van der Waals surface area contributed by atoms with E-state index in [9.17, 15) is 14.9 Å². The molecule has 0 saturated heterocycles. The number of carbonyl (C=O) groups excluding carboxylic acids is 1. The third-order valence-electron chi connectivity index (χ3n) is 3.00. The van der Waals surface area contributed by atoms with E-state index in [4.69, 9.17) is 4.74 Å². The monoisotopic (exact) mass is 299 g/mol. The molecule has 0 spiro atoms. The zero-order chi connectivity index (χ0) is 15.1. The van der Waals surface area contributed by atoms with Crippen molar-refractivity contribution in [3.05, 3.63) is 21.1 Å². The molecule has 0 amide bonds. The summed E-state index contributed by atoms with van der Waals surface area (Å²) in [4.78, 5) is 22.1. The highest BCUT2D eigenvalue weighted by atomic mass is 32.1. The fourth-order valence-electron chi connectivity index (χ4n) is 1.85. The summed E-state index contributed by atoms with van der Waals surface area (Å²) in [6.45, 7) is 5.45. The van der Waals surface area contributed by atoms with E-state index in [1.807, 2.05) is 6.92 Å². The molecule has 0 aliphatic heterocycles. The molecule has 0 aliphatic carbocycles. The summed E-state index contributed by atoms with van der Waals surface area (Å²) in [7, 11) is 0. The second kappa shape index (κ2) is 7.99. The maximum atomic E-state index is 11.3. The molecular weight excluding hydrogens is 278 g/mol. The molecule has 1 rings (SSSR count). The fourth-order valence-corrected chi connectivity index (χ4v) is 2.81. The van der Waals surface area contributed by atoms with Crippen LogP contribution >= 0.6 is 11.3 Å². The minimum absolute atomic E-state index is 0.0796. The highest BCUT2D eigenvalue weighted by Gasteiger charge is 2.23. The smallest absolute Gasteiger partial charge is 0.323 e. The van der Waals surface area contributed by atoms with Gasteiger partial charge < -0.3 is 4.74 Å². The lowest BCUT2D eigenvalue weighted by Crippen LogP contribution is -2.11. The van der Waals surface area contributed by atoms with Gasteiger partial charge in [-0.2, -0.15) is 0 Å². The van der Waals surface area contributed by atoms with E-state index < -0.39 is 4.92 Å². The Morgan fingerprint density at radius 3 is 2.70 bits per heavy atom. The molecule has 20 heavy (non-hydrogen) atoms. The summed E-state index contributed by atoms with van der Waals surface area (Å²) >= 11 is 1.05. The first-order chi connectivity index (χ1) is 9.45. The predicted octanol–water partition coefficient (Wildman–Crippen LogP) is 4.60. The zero-order valence-electron chi connectivity index (χ0n) is 12.2. The van der Waals surface area contributed by atoms with Crippen molar-refractivity contribution in [1.82, 2.24) is 0 Å². The van der Waals surface area contributed by atoms with Gasteiger partial charge in [0.15, 0.2) is 5.78 Å². The maximum Gasteiger partial charge on any atom is 0.323 e. The summed E-state index contributed by atoms with van der Waals surface area (Å²) in [5.41, 5.74) is -0.111. The molecule has 0 aliphatic rings. The average Bonchev–Trinajstić information content (AvgIpc) is 2.79. The molecule has 0 saturated carbocycles. The molecule has 1 atom stereocenters. The van der Waals surface area contributed by atoms with E-state index in [2.05, 4.69) is 6.92 Å². The second-order valence-corrected chi connectivity index (χ2v) is 5.89. The summed E-state index contributed by atoms with van der Waals surface area (Å²) in [5, 5.41) is 11.2. The lowest BCUT2D eigenvalue weighted by molar-refractivity contribution is -0.385. The van der Waals surface area contributed by atoms with Crippen LogP contribution in [0.5, 0.6) is 5.06 Å². The number of thiophene rings is 1. The Bertz CT molecular complexity index is 470. The molecule has 1 aromatic heterocycles. The van der Waals surface area contributed by atoms with Gasteiger partial charge in [-0.05, 0) is 26.7 Å². The van der Waals surface area contributed by atoms with Crippen molar-refractivity contribution in [2.45, 2.75) is 59.0 Å². The standard InChI is InChI=1S/C14H21NO4S/c1-4-5-6-7-8-10(2)19-14-12(15(17)18)9-13(20-14)11(3)16/h9-10H,4-8H2,1-3H3. The van der Waals surface area contributed by atoms with Crippen LogP contribution in [-0.4, -0.2) is 16.8 Å². The molecule has 6 heteroatoms. The number of nitro groups is 1. The highest BCUT2D eigenvalue weighted by molar-refractivity contribution is 7.16. The van der Waals surface area contributed by atoms with Gasteiger partial charge in [0.1, 0.15) is 0 Å². The van der Waals surface area contributed by atoms with Crippen LogP contribution in [0.1, 0.15) is 62.5 Å². The largest absolute Gasteiger partial charge is 0.476 e. The van der Waals surface area contributed by atoms with Crippen LogP contribution in [0, 0.1) is 10.1 Å². The minimum atomic E-state index is -0.498. The van der Waals surface area contributed by atoms with E-state index in [1.165, 1.54) is 25.8 Å². The first-order valence-electron chi connectivity index (χ1n) is 6.91. The molecule has 1 aromatic rings. The number of rotatable bonds is 9. The van der Waals surface area contributed by atoms with E-state index in [-0.39, 0.29) is 22.6 Å². The van der Waals surface area contributed by atoms with Gasteiger partial charge in [-0.25, -0.2) is 0 Å². The van der Waals surface area contributed by atoms with Crippen LogP contribution < -0.4 is 4.74 Å². The Morgan fingerprint density at radius 2 is 2.15 bits per heavy atom. The molecule has 1 unspecified atom stereocenters. The Morgan fingerprint density at radius 1 is 1.45 bits per heavy atom. The van der Waals surface area contributed by atoms with Gasteiger partial charge in [-0.1, -0.05) is 37.5 Å². The summed E-state index contributed by atoms with van der Waals surface area (Å²) in [6.07, 6.45) is 5.35. The van der Waals surface area contributed by atoms with Gasteiger partial charge in [0.2, 0.25) is 0 Å². The predicted molar refractivity (Wildman–Crippen MR) is 79.8 cm³/mol. The number of unbranched alkanes of at least 4 members (excludes halogenated alkanes) is 3. The number of hydrogen-bond acceptors (Lipinski definition) is 5. The van der Waals surface area contributed by atoms with E-state index >= 15 is 0 Å². The van der Waals surface area contributed by atoms with Crippen molar-refractivity contribution >= 4 is 22.8 Å². The average molecular weight is 299 g/mol. The van der Waals surface area contributed by atoms with Crippen LogP contribution in [0.2, 0.25) is 0 Å². The molecule has 112 valence electrons. The molecular formula is C14H21NO4S. The second-order valence-electron chi connectivity index (χ2n) is 4.87. The molecule has 0 N–H and O–H groups in total. The van der Waals surface area contributed by atoms with Gasteiger partial charge in [-0.3, -0.25) is 14.9 Å². The Balaban J connectivity index is 2.65. The first-order valence-corrected chi connectivity index (χ1v) is 7.73.